The Morgan fingerprint density at radius 1 is 1.09 bits per heavy atom. The number of rotatable bonds is 7. The Morgan fingerprint density at radius 3 is 2.43 bits per heavy atom. The average Bonchev–Trinajstić information content (AvgIpc) is 3.27. The second-order valence-corrected chi connectivity index (χ2v) is 11.9. The third-order valence-electron chi connectivity index (χ3n) is 9.31. The van der Waals surface area contributed by atoms with Crippen LogP contribution >= 0.6 is 0 Å². The number of carbonyl (C=O) groups is 2. The van der Waals surface area contributed by atoms with E-state index in [0.29, 0.717) is 29.5 Å². The molecular weight excluding hydrogens is 440 g/mol. The summed E-state index contributed by atoms with van der Waals surface area (Å²) in [6.07, 6.45) is 13.3. The lowest BCUT2D eigenvalue weighted by Crippen LogP contribution is -2.47. The highest BCUT2D eigenvalue weighted by Gasteiger charge is 2.51. The predicted octanol–water partition coefficient (Wildman–Crippen LogP) is 4.77. The standard InChI is InChI=1S/C28H38N4O3/c1-35-10-7-19-5-8-31(9-6-19)27(34)23-18-32-24(29-23)3-2-4-25(32)30-26(33)17-28-14-20-11-21(15-28)13-22(12-20)16-28/h2-4,18-22H,5-17H2,1H3,(H,30,33). The zero-order valence-electron chi connectivity index (χ0n) is 20.9. The van der Waals surface area contributed by atoms with E-state index in [1.54, 1.807) is 13.3 Å². The summed E-state index contributed by atoms with van der Waals surface area (Å²) in [4.78, 5) is 32.9. The van der Waals surface area contributed by atoms with E-state index in [9.17, 15) is 9.59 Å². The van der Waals surface area contributed by atoms with Gasteiger partial charge in [-0.3, -0.25) is 14.0 Å². The Hall–Kier alpha value is -2.41. The van der Waals surface area contributed by atoms with Crippen LogP contribution in [0.15, 0.2) is 24.4 Å². The number of imidazole rings is 1. The first-order chi connectivity index (χ1) is 17.0. The summed E-state index contributed by atoms with van der Waals surface area (Å²) in [5.41, 5.74) is 1.34. The number of carbonyl (C=O) groups excluding carboxylic acids is 2. The van der Waals surface area contributed by atoms with Gasteiger partial charge in [0.15, 0.2) is 0 Å². The van der Waals surface area contributed by atoms with Gasteiger partial charge in [0.05, 0.1) is 0 Å². The topological polar surface area (TPSA) is 75.9 Å². The molecule has 7 nitrogen and oxygen atoms in total. The van der Waals surface area contributed by atoms with E-state index in [1.165, 1.54) is 38.5 Å². The van der Waals surface area contributed by atoms with E-state index < -0.39 is 0 Å². The van der Waals surface area contributed by atoms with Gasteiger partial charge < -0.3 is 15.0 Å². The number of aromatic nitrogens is 2. The first-order valence-electron chi connectivity index (χ1n) is 13.6. The maximum Gasteiger partial charge on any atom is 0.274 e. The van der Waals surface area contributed by atoms with Crippen molar-refractivity contribution in [3.63, 3.8) is 0 Å². The molecule has 2 amide bonds. The first kappa shape index (κ1) is 23.0. The minimum atomic E-state index is -0.0234. The van der Waals surface area contributed by atoms with Gasteiger partial charge in [0, 0.05) is 39.4 Å². The van der Waals surface area contributed by atoms with Crippen molar-refractivity contribution in [3.8, 4) is 0 Å². The van der Waals surface area contributed by atoms with Gasteiger partial charge in [0.2, 0.25) is 5.91 Å². The lowest BCUT2D eigenvalue weighted by atomic mass is 9.49. The number of methoxy groups -OCH3 is 1. The second-order valence-electron chi connectivity index (χ2n) is 11.9. The van der Waals surface area contributed by atoms with E-state index in [2.05, 4.69) is 10.3 Å². The third kappa shape index (κ3) is 4.59. The molecule has 2 aromatic heterocycles. The Morgan fingerprint density at radius 2 is 1.77 bits per heavy atom. The summed E-state index contributed by atoms with van der Waals surface area (Å²) in [7, 11) is 1.74. The number of likely N-dealkylation sites (tertiary alicyclic amines) is 1. The lowest BCUT2D eigenvalue weighted by molar-refractivity contribution is -0.124. The second kappa shape index (κ2) is 9.23. The molecule has 7 rings (SSSR count). The maximum absolute atomic E-state index is 13.2. The molecule has 1 saturated heterocycles. The molecule has 0 aromatic carbocycles. The maximum atomic E-state index is 13.2. The van der Waals surface area contributed by atoms with Crippen LogP contribution in [-0.2, 0) is 9.53 Å². The number of ether oxygens (including phenoxy) is 1. The smallest absolute Gasteiger partial charge is 0.274 e. The third-order valence-corrected chi connectivity index (χ3v) is 9.31. The van der Waals surface area contributed by atoms with Crippen LogP contribution in [0, 0.1) is 29.1 Å². The Labute approximate surface area is 207 Å². The highest BCUT2D eigenvalue weighted by atomic mass is 16.5. The molecule has 0 unspecified atom stereocenters. The Bertz CT molecular complexity index is 1070. The number of nitrogens with zero attached hydrogens (tertiary/aromatic N) is 3. The van der Waals surface area contributed by atoms with Crippen LogP contribution in [0.2, 0.25) is 0 Å². The SMILES string of the molecule is COCCC1CCN(C(=O)c2cn3c(NC(=O)CC45CC6CC(CC(C6)C4)C5)cccc3n2)CC1. The molecule has 0 radical (unpaired) electrons. The molecule has 1 aliphatic heterocycles. The summed E-state index contributed by atoms with van der Waals surface area (Å²) >= 11 is 0. The van der Waals surface area contributed by atoms with E-state index in [0.717, 1.165) is 56.7 Å². The fourth-order valence-corrected chi connectivity index (χ4v) is 8.12. The number of hydrogen-bond donors (Lipinski definition) is 1. The average molecular weight is 479 g/mol. The predicted molar refractivity (Wildman–Crippen MR) is 134 cm³/mol. The zero-order chi connectivity index (χ0) is 24.0. The Balaban J connectivity index is 1.12. The van der Waals surface area contributed by atoms with Gasteiger partial charge >= 0.3 is 0 Å². The van der Waals surface area contributed by atoms with Crippen molar-refractivity contribution in [1.82, 2.24) is 14.3 Å². The summed E-state index contributed by atoms with van der Waals surface area (Å²) in [5, 5.41) is 3.16. The molecule has 5 fully saturated rings. The van der Waals surface area contributed by atoms with Crippen molar-refractivity contribution in [1.29, 1.82) is 0 Å². The fourth-order valence-electron chi connectivity index (χ4n) is 8.12. The fraction of sp³-hybridized carbons (Fsp3) is 0.679. The van der Waals surface area contributed by atoms with Crippen molar-refractivity contribution < 1.29 is 14.3 Å². The van der Waals surface area contributed by atoms with Crippen molar-refractivity contribution >= 4 is 23.3 Å². The van der Waals surface area contributed by atoms with E-state index >= 15 is 0 Å². The monoisotopic (exact) mass is 478 g/mol. The highest BCUT2D eigenvalue weighted by molar-refractivity contribution is 5.94. The molecular formula is C28H38N4O3. The molecule has 7 heteroatoms. The molecule has 3 heterocycles. The van der Waals surface area contributed by atoms with Gasteiger partial charge in [-0.05, 0) is 99.0 Å². The Kier molecular flexibility index (Phi) is 6.07. The van der Waals surface area contributed by atoms with Crippen LogP contribution in [0.25, 0.3) is 5.65 Å². The van der Waals surface area contributed by atoms with Gasteiger partial charge in [0.25, 0.3) is 5.91 Å². The molecule has 0 atom stereocenters. The van der Waals surface area contributed by atoms with E-state index in [-0.39, 0.29) is 17.2 Å². The largest absolute Gasteiger partial charge is 0.385 e. The number of fused-ring (bicyclic) bond motifs is 1. The molecule has 0 spiro atoms. The van der Waals surface area contributed by atoms with Crippen LogP contribution in [0.3, 0.4) is 0 Å². The van der Waals surface area contributed by atoms with Gasteiger partial charge in [-0.1, -0.05) is 6.07 Å². The molecule has 2 aromatic rings. The molecule has 4 bridgehead atoms. The highest BCUT2D eigenvalue weighted by Crippen LogP contribution is 2.61. The molecule has 35 heavy (non-hydrogen) atoms. The van der Waals surface area contributed by atoms with Crippen LogP contribution in [0.1, 0.15) is 74.7 Å². The molecule has 5 aliphatic rings. The summed E-state index contributed by atoms with van der Waals surface area (Å²) < 4.78 is 7.06. The van der Waals surface area contributed by atoms with Crippen molar-refractivity contribution in [2.24, 2.45) is 29.1 Å². The van der Waals surface area contributed by atoms with Gasteiger partial charge in [-0.2, -0.15) is 0 Å². The summed E-state index contributed by atoms with van der Waals surface area (Å²) in [6.45, 7) is 2.30. The number of nitrogens with one attached hydrogen (secondary N) is 1. The van der Waals surface area contributed by atoms with Crippen molar-refractivity contribution in [2.75, 3.05) is 32.1 Å². The van der Waals surface area contributed by atoms with E-state index in [4.69, 9.17) is 4.74 Å². The minimum absolute atomic E-state index is 0.0234. The first-order valence-corrected chi connectivity index (χ1v) is 13.6. The normalized spacial score (nSPS) is 30.2. The summed E-state index contributed by atoms with van der Waals surface area (Å²) in [5.74, 6) is 3.90. The number of piperidine rings is 1. The van der Waals surface area contributed by atoms with Crippen LogP contribution in [0.4, 0.5) is 5.82 Å². The lowest BCUT2D eigenvalue weighted by Gasteiger charge is -2.56. The van der Waals surface area contributed by atoms with E-state index in [1.807, 2.05) is 27.5 Å². The number of amides is 2. The van der Waals surface area contributed by atoms with Crippen LogP contribution in [0.5, 0.6) is 0 Å². The van der Waals surface area contributed by atoms with Crippen LogP contribution < -0.4 is 5.32 Å². The quantitative estimate of drug-likeness (QED) is 0.622. The minimum Gasteiger partial charge on any atom is -0.385 e. The number of pyridine rings is 1. The van der Waals surface area contributed by atoms with Crippen molar-refractivity contribution in [2.45, 2.75) is 64.2 Å². The summed E-state index contributed by atoms with van der Waals surface area (Å²) in [6, 6.07) is 5.70. The van der Waals surface area contributed by atoms with Crippen LogP contribution in [-0.4, -0.2) is 52.9 Å². The molecule has 1 N–H and O–H groups in total. The number of hydrogen-bond acceptors (Lipinski definition) is 4. The zero-order valence-corrected chi connectivity index (χ0v) is 20.9. The van der Waals surface area contributed by atoms with Gasteiger partial charge in [-0.15, -0.1) is 0 Å². The van der Waals surface area contributed by atoms with Gasteiger partial charge in [0.1, 0.15) is 17.2 Å². The molecule has 4 aliphatic carbocycles. The molecule has 188 valence electrons. The van der Waals surface area contributed by atoms with Crippen molar-refractivity contribution in [3.05, 3.63) is 30.1 Å². The molecule has 4 saturated carbocycles. The number of anilines is 1. The van der Waals surface area contributed by atoms with Gasteiger partial charge in [-0.25, -0.2) is 4.98 Å².